The fraction of sp³-hybridized carbons (Fsp3) is 0.500. The number of nitrogens with zero attached hydrogens (tertiary/aromatic N) is 2. The first-order chi connectivity index (χ1) is 14.8. The lowest BCUT2D eigenvalue weighted by molar-refractivity contribution is 0.362. The van der Waals surface area contributed by atoms with E-state index in [9.17, 15) is 0 Å². The molecule has 3 rings (SSSR count). The zero-order valence-corrected chi connectivity index (χ0v) is 19.4. The zero-order chi connectivity index (χ0) is 21.0. The molecule has 0 saturated carbocycles. The fourth-order valence-corrected chi connectivity index (χ4v) is 4.56. The third-order valence-electron chi connectivity index (χ3n) is 5.37. The van der Waals surface area contributed by atoms with Gasteiger partial charge in [0, 0.05) is 12.4 Å². The lowest BCUT2D eigenvalue weighted by atomic mass is 10.1. The molecule has 0 fully saturated rings. The molecule has 0 bridgehead atoms. The third-order valence-corrected chi connectivity index (χ3v) is 6.41. The van der Waals surface area contributed by atoms with E-state index in [1.165, 1.54) is 67.5 Å². The van der Waals surface area contributed by atoms with Gasteiger partial charge in [-0.25, -0.2) is 4.98 Å². The normalized spacial score (nSPS) is 11.7. The van der Waals surface area contributed by atoms with Crippen molar-refractivity contribution in [2.24, 2.45) is 0 Å². The van der Waals surface area contributed by atoms with Gasteiger partial charge in [0.25, 0.3) is 0 Å². The summed E-state index contributed by atoms with van der Waals surface area (Å²) in [6.07, 6.45) is 21.4. The van der Waals surface area contributed by atoms with Gasteiger partial charge < -0.3 is 4.74 Å². The molecule has 0 unspecified atom stereocenters. The molecule has 3 nitrogen and oxygen atoms in total. The Labute approximate surface area is 185 Å². The van der Waals surface area contributed by atoms with Gasteiger partial charge in [-0.2, -0.15) is 0 Å². The number of allylic oxidation sites excluding steroid dienone is 1. The average molecular weight is 425 g/mol. The van der Waals surface area contributed by atoms with Gasteiger partial charge in [0.05, 0.1) is 10.6 Å². The number of benzene rings is 1. The first-order valence-electron chi connectivity index (χ1n) is 11.7. The van der Waals surface area contributed by atoms with Gasteiger partial charge in [0.2, 0.25) is 0 Å². The van der Waals surface area contributed by atoms with Crippen LogP contribution in [0.25, 0.3) is 15.4 Å². The molecule has 30 heavy (non-hydrogen) atoms. The monoisotopic (exact) mass is 424 g/mol. The molecule has 2 aromatic heterocycles. The predicted molar refractivity (Wildman–Crippen MR) is 130 cm³/mol. The first kappa shape index (κ1) is 22.6. The van der Waals surface area contributed by atoms with Gasteiger partial charge >= 0.3 is 0 Å². The molecular formula is C26H36N2OS. The number of aromatic nitrogens is 2. The molecule has 0 saturated heterocycles. The number of fused-ring (bicyclic) bond motifs is 1. The van der Waals surface area contributed by atoms with Crippen LogP contribution >= 0.6 is 11.3 Å². The summed E-state index contributed by atoms with van der Waals surface area (Å²) in [5.74, 6) is 0.920. The average Bonchev–Trinajstić information content (AvgIpc) is 3.32. The van der Waals surface area contributed by atoms with Crippen molar-refractivity contribution in [3.63, 3.8) is 0 Å². The van der Waals surface area contributed by atoms with E-state index in [1.54, 1.807) is 11.3 Å². The number of imidazole rings is 1. The van der Waals surface area contributed by atoms with E-state index >= 15 is 0 Å². The van der Waals surface area contributed by atoms with E-state index in [0.717, 1.165) is 23.6 Å². The highest BCUT2D eigenvalue weighted by Gasteiger charge is 2.08. The molecule has 0 amide bonds. The van der Waals surface area contributed by atoms with Crippen LogP contribution in [0.2, 0.25) is 0 Å². The van der Waals surface area contributed by atoms with Crippen molar-refractivity contribution in [2.75, 3.05) is 6.61 Å². The fourth-order valence-electron chi connectivity index (χ4n) is 3.57. The zero-order valence-electron chi connectivity index (χ0n) is 18.6. The van der Waals surface area contributed by atoms with Crippen LogP contribution in [-0.2, 0) is 6.42 Å². The minimum absolute atomic E-state index is 0.638. The minimum Gasteiger partial charge on any atom is -0.490 e. The van der Waals surface area contributed by atoms with Gasteiger partial charge in [-0.1, -0.05) is 75.9 Å². The maximum absolute atomic E-state index is 5.82. The lowest BCUT2D eigenvalue weighted by Gasteiger charge is -2.04. The van der Waals surface area contributed by atoms with Crippen molar-refractivity contribution in [3.8, 4) is 16.2 Å². The lowest BCUT2D eigenvalue weighted by Crippen LogP contribution is -1.92. The van der Waals surface area contributed by atoms with Crippen LogP contribution in [0.15, 0.2) is 48.8 Å². The molecule has 0 radical (unpaired) electrons. The third kappa shape index (κ3) is 7.02. The van der Waals surface area contributed by atoms with Crippen molar-refractivity contribution in [2.45, 2.75) is 78.1 Å². The Morgan fingerprint density at radius 3 is 2.43 bits per heavy atom. The Balaban J connectivity index is 1.48. The van der Waals surface area contributed by atoms with Crippen LogP contribution in [0.4, 0.5) is 0 Å². The molecule has 2 heterocycles. The topological polar surface area (TPSA) is 26.5 Å². The number of aryl methyl sites for hydroxylation is 1. The molecule has 0 aliphatic carbocycles. The summed E-state index contributed by atoms with van der Waals surface area (Å²) < 4.78 is 8.00. The number of hydrogen-bond donors (Lipinski definition) is 0. The molecule has 3 aromatic rings. The molecule has 4 heteroatoms. The quantitative estimate of drug-likeness (QED) is 0.193. The molecule has 0 aliphatic rings. The molecule has 162 valence electrons. The van der Waals surface area contributed by atoms with E-state index in [4.69, 9.17) is 9.72 Å². The van der Waals surface area contributed by atoms with E-state index in [-0.39, 0.29) is 0 Å². The summed E-state index contributed by atoms with van der Waals surface area (Å²) in [6, 6.07) is 8.40. The SMILES string of the molecule is CCCCC/C=C/COc1ccc(-c2cn3cc(CCCCCCC)nc3s2)cc1. The molecular weight excluding hydrogens is 388 g/mol. The Morgan fingerprint density at radius 1 is 0.900 bits per heavy atom. The highest BCUT2D eigenvalue weighted by atomic mass is 32.1. The maximum Gasteiger partial charge on any atom is 0.194 e. The Kier molecular flexibility index (Phi) is 9.49. The molecule has 0 aliphatic heterocycles. The minimum atomic E-state index is 0.638. The number of rotatable bonds is 14. The number of hydrogen-bond acceptors (Lipinski definition) is 3. The van der Waals surface area contributed by atoms with E-state index in [0.29, 0.717) is 6.61 Å². The van der Waals surface area contributed by atoms with Gasteiger partial charge in [0.15, 0.2) is 4.96 Å². The summed E-state index contributed by atoms with van der Waals surface area (Å²) in [4.78, 5) is 7.15. The second-order valence-electron chi connectivity index (χ2n) is 7.98. The van der Waals surface area contributed by atoms with Crippen molar-refractivity contribution in [1.29, 1.82) is 0 Å². The van der Waals surface area contributed by atoms with Crippen molar-refractivity contribution in [3.05, 3.63) is 54.5 Å². The largest absolute Gasteiger partial charge is 0.490 e. The Bertz CT molecular complexity index is 860. The second-order valence-corrected chi connectivity index (χ2v) is 8.99. The molecule has 0 spiro atoms. The predicted octanol–water partition coefficient (Wildman–Crippen LogP) is 8.09. The number of thiazole rings is 1. The van der Waals surface area contributed by atoms with Crippen LogP contribution in [0.3, 0.4) is 0 Å². The van der Waals surface area contributed by atoms with Crippen molar-refractivity contribution < 1.29 is 4.74 Å². The van der Waals surface area contributed by atoms with E-state index in [1.807, 2.05) is 0 Å². The second kappa shape index (κ2) is 12.6. The van der Waals surface area contributed by atoms with E-state index in [2.05, 4.69) is 67.1 Å². The highest BCUT2D eigenvalue weighted by Crippen LogP contribution is 2.30. The van der Waals surface area contributed by atoms with Gasteiger partial charge in [-0.15, -0.1) is 0 Å². The molecule has 0 atom stereocenters. The van der Waals surface area contributed by atoms with Crippen LogP contribution < -0.4 is 4.74 Å². The number of ether oxygens (including phenoxy) is 1. The summed E-state index contributed by atoms with van der Waals surface area (Å²) in [5.41, 5.74) is 2.44. The van der Waals surface area contributed by atoms with Crippen LogP contribution in [0.5, 0.6) is 5.75 Å². The van der Waals surface area contributed by atoms with E-state index < -0.39 is 0 Å². The standard InChI is InChI=1S/C26H36N2OS/c1-3-5-7-9-11-13-19-29-24-17-15-22(16-18-24)25-21-28-20-23(27-26(28)30-25)14-12-10-8-6-4-2/h11,13,15-18,20-21H,3-10,12,14,19H2,1-2H3/b13-11+. The van der Waals surface area contributed by atoms with Crippen LogP contribution in [-0.4, -0.2) is 16.0 Å². The van der Waals surface area contributed by atoms with Gasteiger partial charge in [-0.3, -0.25) is 4.40 Å². The molecule has 1 aromatic carbocycles. The maximum atomic E-state index is 5.82. The summed E-state index contributed by atoms with van der Waals surface area (Å²) >= 11 is 1.76. The van der Waals surface area contributed by atoms with Gasteiger partial charge in [0.1, 0.15) is 12.4 Å². The Morgan fingerprint density at radius 2 is 1.67 bits per heavy atom. The molecule has 0 N–H and O–H groups in total. The van der Waals surface area contributed by atoms with Crippen LogP contribution in [0.1, 0.15) is 77.3 Å². The van der Waals surface area contributed by atoms with Crippen molar-refractivity contribution >= 4 is 16.3 Å². The highest BCUT2D eigenvalue weighted by molar-refractivity contribution is 7.20. The summed E-state index contributed by atoms with van der Waals surface area (Å²) in [5, 5.41) is 0. The first-order valence-corrected chi connectivity index (χ1v) is 12.5. The van der Waals surface area contributed by atoms with Gasteiger partial charge in [-0.05, 0) is 55.5 Å². The summed E-state index contributed by atoms with van der Waals surface area (Å²) in [7, 11) is 0. The smallest absolute Gasteiger partial charge is 0.194 e. The Hall–Kier alpha value is -2.07. The summed E-state index contributed by atoms with van der Waals surface area (Å²) in [6.45, 7) is 5.13. The van der Waals surface area contributed by atoms with Crippen LogP contribution in [0, 0.1) is 0 Å². The number of unbranched alkanes of at least 4 members (excludes halogenated alkanes) is 7. The van der Waals surface area contributed by atoms with Crippen molar-refractivity contribution in [1.82, 2.24) is 9.38 Å².